The van der Waals surface area contributed by atoms with Gasteiger partial charge in [0.05, 0.1) is 6.54 Å². The fraction of sp³-hybridized carbons (Fsp3) is 0.421. The van der Waals surface area contributed by atoms with E-state index in [0.29, 0.717) is 5.70 Å². The zero-order chi connectivity index (χ0) is 18.5. The van der Waals surface area contributed by atoms with Crippen LogP contribution >= 0.6 is 0 Å². The molecule has 0 saturated carbocycles. The van der Waals surface area contributed by atoms with Crippen molar-refractivity contribution in [3.05, 3.63) is 48.2 Å². The number of amides is 4. The first-order valence-electron chi connectivity index (χ1n) is 8.97. The van der Waals surface area contributed by atoms with Crippen LogP contribution in [0.5, 0.6) is 0 Å². The van der Waals surface area contributed by atoms with Gasteiger partial charge in [0.25, 0.3) is 0 Å². The van der Waals surface area contributed by atoms with E-state index in [-0.39, 0.29) is 6.54 Å². The van der Waals surface area contributed by atoms with Gasteiger partial charge in [0.15, 0.2) is 5.92 Å². The van der Waals surface area contributed by atoms with Crippen molar-refractivity contribution in [1.29, 1.82) is 0 Å². The number of barbiturate groups is 1. The van der Waals surface area contributed by atoms with Gasteiger partial charge in [0.2, 0.25) is 11.8 Å². The van der Waals surface area contributed by atoms with Gasteiger partial charge in [-0.25, -0.2) is 9.80 Å². The monoisotopic (exact) mass is 356 g/mol. The number of urea groups is 1. The maximum Gasteiger partial charge on any atom is 0.331 e. The zero-order valence-electron chi connectivity index (χ0n) is 14.7. The van der Waals surface area contributed by atoms with E-state index in [9.17, 15) is 14.4 Å². The van der Waals surface area contributed by atoms with E-state index in [0.717, 1.165) is 36.4 Å². The average Bonchev–Trinajstić information content (AvgIpc) is 2.88. The molecule has 0 aliphatic carbocycles. The van der Waals surface area contributed by atoms with Crippen LogP contribution in [-0.2, 0) is 16.1 Å². The minimum Gasteiger partial charge on any atom is -0.322 e. The van der Waals surface area contributed by atoms with E-state index < -0.39 is 23.8 Å². The highest BCUT2D eigenvalue weighted by atomic mass is 16.2. The van der Waals surface area contributed by atoms with Crippen molar-refractivity contribution >= 4 is 17.8 Å². The van der Waals surface area contributed by atoms with Crippen molar-refractivity contribution in [2.45, 2.75) is 32.2 Å². The largest absolute Gasteiger partial charge is 0.331 e. The molecular weight excluding hydrogens is 332 g/mol. The van der Waals surface area contributed by atoms with Crippen LogP contribution in [0.4, 0.5) is 4.79 Å². The zero-order valence-corrected chi connectivity index (χ0v) is 14.7. The van der Waals surface area contributed by atoms with Crippen LogP contribution in [0.25, 0.3) is 0 Å². The molecule has 7 nitrogen and oxygen atoms in total. The second-order valence-electron chi connectivity index (χ2n) is 6.68. The molecule has 2 aliphatic heterocycles. The van der Waals surface area contributed by atoms with Crippen LogP contribution < -0.4 is 10.7 Å². The molecule has 2 fully saturated rings. The first-order chi connectivity index (χ1) is 12.6. The number of benzene rings is 1. The third-order valence-corrected chi connectivity index (χ3v) is 4.69. The molecule has 1 aromatic rings. The van der Waals surface area contributed by atoms with Crippen LogP contribution in [0, 0.1) is 5.92 Å². The highest BCUT2D eigenvalue weighted by Crippen LogP contribution is 2.19. The Morgan fingerprint density at radius 1 is 1.08 bits per heavy atom. The van der Waals surface area contributed by atoms with Crippen molar-refractivity contribution in [1.82, 2.24) is 20.7 Å². The Bertz CT molecular complexity index is 696. The SMILES string of the molecule is C=C(NN1CCCCCC1)[C@@H]1C(=O)NC(=O)N(Cc2ccccc2)C1=O. The summed E-state index contributed by atoms with van der Waals surface area (Å²) >= 11 is 0. The van der Waals surface area contributed by atoms with E-state index >= 15 is 0 Å². The van der Waals surface area contributed by atoms with E-state index in [4.69, 9.17) is 0 Å². The van der Waals surface area contributed by atoms with Crippen LogP contribution in [-0.4, -0.2) is 40.8 Å². The minimum atomic E-state index is -1.11. The van der Waals surface area contributed by atoms with E-state index in [1.165, 1.54) is 12.8 Å². The lowest BCUT2D eigenvalue weighted by Crippen LogP contribution is -2.59. The summed E-state index contributed by atoms with van der Waals surface area (Å²) in [4.78, 5) is 38.3. The normalized spacial score (nSPS) is 21.9. The van der Waals surface area contributed by atoms with Gasteiger partial charge in [-0.15, -0.1) is 0 Å². The number of hydrogen-bond acceptors (Lipinski definition) is 5. The molecule has 0 unspecified atom stereocenters. The summed E-state index contributed by atoms with van der Waals surface area (Å²) in [5, 5.41) is 4.26. The molecule has 3 rings (SSSR count). The molecule has 0 aromatic heterocycles. The van der Waals surface area contributed by atoms with Crippen molar-refractivity contribution in [2.75, 3.05) is 13.1 Å². The number of imide groups is 2. The summed E-state index contributed by atoms with van der Waals surface area (Å²) in [7, 11) is 0. The molecule has 2 heterocycles. The Kier molecular flexibility index (Phi) is 5.68. The summed E-state index contributed by atoms with van der Waals surface area (Å²) in [5.41, 5.74) is 4.23. The standard InChI is InChI=1S/C19H24N4O3/c1-14(21-22-11-7-2-3-8-12-22)16-17(24)20-19(26)23(18(16)25)13-15-9-5-4-6-10-15/h4-6,9-10,16,21H,1-3,7-8,11-13H2,(H,20,24,26)/t16-/m1/s1. The fourth-order valence-corrected chi connectivity index (χ4v) is 3.29. The fourth-order valence-electron chi connectivity index (χ4n) is 3.29. The second kappa shape index (κ2) is 8.14. The van der Waals surface area contributed by atoms with Gasteiger partial charge < -0.3 is 5.43 Å². The number of nitrogens with one attached hydrogen (secondary N) is 2. The lowest BCUT2D eigenvalue weighted by molar-refractivity contribution is -0.141. The quantitative estimate of drug-likeness (QED) is 0.786. The van der Waals surface area contributed by atoms with Gasteiger partial charge in [-0.2, -0.15) is 0 Å². The number of carbonyl (C=O) groups is 3. The maximum absolute atomic E-state index is 12.8. The second-order valence-corrected chi connectivity index (χ2v) is 6.68. The topological polar surface area (TPSA) is 81.8 Å². The van der Waals surface area contributed by atoms with Crippen molar-refractivity contribution in [3.8, 4) is 0 Å². The number of rotatable bonds is 5. The van der Waals surface area contributed by atoms with Crippen LogP contribution in [0.1, 0.15) is 31.2 Å². The number of nitrogens with zero attached hydrogens (tertiary/aromatic N) is 2. The molecule has 4 amide bonds. The Morgan fingerprint density at radius 3 is 2.38 bits per heavy atom. The molecule has 2 aliphatic rings. The highest BCUT2D eigenvalue weighted by Gasteiger charge is 2.42. The molecule has 0 spiro atoms. The first kappa shape index (κ1) is 18.1. The number of hydrogen-bond donors (Lipinski definition) is 2. The molecule has 7 heteroatoms. The summed E-state index contributed by atoms with van der Waals surface area (Å²) in [6.07, 6.45) is 4.47. The Hall–Kier alpha value is -2.67. The van der Waals surface area contributed by atoms with Gasteiger partial charge >= 0.3 is 6.03 Å². The van der Waals surface area contributed by atoms with Crippen molar-refractivity contribution in [3.63, 3.8) is 0 Å². The summed E-state index contributed by atoms with van der Waals surface area (Å²) in [6, 6.07) is 8.50. The van der Waals surface area contributed by atoms with Crippen molar-refractivity contribution in [2.24, 2.45) is 5.92 Å². The third kappa shape index (κ3) is 4.11. The van der Waals surface area contributed by atoms with E-state index in [2.05, 4.69) is 17.3 Å². The Balaban J connectivity index is 1.71. The third-order valence-electron chi connectivity index (χ3n) is 4.69. The molecule has 2 N–H and O–H groups in total. The van der Waals surface area contributed by atoms with Gasteiger partial charge in [0.1, 0.15) is 0 Å². The number of hydrazine groups is 1. The van der Waals surface area contributed by atoms with Crippen LogP contribution in [0.15, 0.2) is 42.6 Å². The molecular formula is C19H24N4O3. The molecule has 2 saturated heterocycles. The molecule has 26 heavy (non-hydrogen) atoms. The maximum atomic E-state index is 12.8. The predicted octanol–water partition coefficient (Wildman–Crippen LogP) is 1.78. The smallest absolute Gasteiger partial charge is 0.322 e. The lowest BCUT2D eigenvalue weighted by atomic mass is 10.0. The number of carbonyl (C=O) groups excluding carboxylic acids is 3. The van der Waals surface area contributed by atoms with Crippen LogP contribution in [0.2, 0.25) is 0 Å². The molecule has 0 radical (unpaired) electrons. The highest BCUT2D eigenvalue weighted by molar-refractivity contribution is 6.17. The lowest BCUT2D eigenvalue weighted by Gasteiger charge is -2.33. The predicted molar refractivity (Wildman–Crippen MR) is 96.3 cm³/mol. The summed E-state index contributed by atoms with van der Waals surface area (Å²) in [5.74, 6) is -2.29. The summed E-state index contributed by atoms with van der Waals surface area (Å²) < 4.78 is 0. The van der Waals surface area contributed by atoms with E-state index in [1.54, 1.807) is 0 Å². The molecule has 0 bridgehead atoms. The molecule has 138 valence electrons. The molecule has 1 atom stereocenters. The minimum absolute atomic E-state index is 0.117. The van der Waals surface area contributed by atoms with Gasteiger partial charge in [-0.3, -0.25) is 19.8 Å². The first-order valence-corrected chi connectivity index (χ1v) is 8.97. The Morgan fingerprint density at radius 2 is 1.73 bits per heavy atom. The van der Waals surface area contributed by atoms with Gasteiger partial charge in [-0.1, -0.05) is 49.8 Å². The Labute approximate surface area is 153 Å². The summed E-state index contributed by atoms with van der Waals surface area (Å²) in [6.45, 7) is 5.70. The van der Waals surface area contributed by atoms with Crippen molar-refractivity contribution < 1.29 is 14.4 Å². The van der Waals surface area contributed by atoms with Crippen LogP contribution in [0.3, 0.4) is 0 Å². The molecule has 1 aromatic carbocycles. The van der Waals surface area contributed by atoms with E-state index in [1.807, 2.05) is 35.3 Å². The van der Waals surface area contributed by atoms with Gasteiger partial charge in [-0.05, 0) is 18.4 Å². The average molecular weight is 356 g/mol. The van der Waals surface area contributed by atoms with Gasteiger partial charge in [0, 0.05) is 18.8 Å².